The highest BCUT2D eigenvalue weighted by molar-refractivity contribution is 5.86. The zero-order valence-corrected chi connectivity index (χ0v) is 8.27. The first kappa shape index (κ1) is 10.2. The molecule has 0 bridgehead atoms. The largest absolute Gasteiger partial charge is 0.466 e. The Labute approximate surface area is 90.0 Å². The molecule has 2 aromatic rings. The smallest absolute Gasteiger partial charge is 0.272 e. The SMILES string of the molecule is NC(=O)COc1n[nH]c(=O)c2ccccc12. The molecule has 0 radical (unpaired) electrons. The zero-order chi connectivity index (χ0) is 11.5. The number of rotatable bonds is 3. The van der Waals surface area contributed by atoms with E-state index in [1.165, 1.54) is 0 Å². The molecule has 1 amide bonds. The van der Waals surface area contributed by atoms with Crippen molar-refractivity contribution in [1.29, 1.82) is 0 Å². The van der Waals surface area contributed by atoms with Gasteiger partial charge in [-0.15, -0.1) is 5.10 Å². The number of H-pyrrole nitrogens is 1. The molecule has 3 N–H and O–H groups in total. The van der Waals surface area contributed by atoms with Crippen LogP contribution in [0.2, 0.25) is 0 Å². The first-order valence-corrected chi connectivity index (χ1v) is 4.57. The molecule has 0 saturated carbocycles. The summed E-state index contributed by atoms with van der Waals surface area (Å²) >= 11 is 0. The van der Waals surface area contributed by atoms with Crippen LogP contribution in [0.3, 0.4) is 0 Å². The monoisotopic (exact) mass is 219 g/mol. The molecule has 1 aromatic heterocycles. The van der Waals surface area contributed by atoms with Crippen LogP contribution >= 0.6 is 0 Å². The molecule has 2 rings (SSSR count). The van der Waals surface area contributed by atoms with Crippen LogP contribution in [0.5, 0.6) is 5.88 Å². The Hall–Kier alpha value is -2.37. The summed E-state index contributed by atoms with van der Waals surface area (Å²) in [6, 6.07) is 6.82. The molecule has 16 heavy (non-hydrogen) atoms. The van der Waals surface area contributed by atoms with Crippen molar-refractivity contribution in [2.45, 2.75) is 0 Å². The van der Waals surface area contributed by atoms with Crippen LogP contribution in [-0.2, 0) is 4.79 Å². The molecule has 82 valence electrons. The summed E-state index contributed by atoms with van der Waals surface area (Å²) in [4.78, 5) is 22.0. The lowest BCUT2D eigenvalue weighted by atomic mass is 10.2. The second-order valence-corrected chi connectivity index (χ2v) is 3.16. The predicted octanol–water partition coefficient (Wildman–Crippen LogP) is -0.213. The molecule has 1 aromatic carbocycles. The van der Waals surface area contributed by atoms with Gasteiger partial charge in [-0.25, -0.2) is 5.10 Å². The van der Waals surface area contributed by atoms with Crippen LogP contribution in [0, 0.1) is 0 Å². The summed E-state index contributed by atoms with van der Waals surface area (Å²) in [5.74, 6) is -0.411. The summed E-state index contributed by atoms with van der Waals surface area (Å²) in [6.07, 6.45) is 0. The van der Waals surface area contributed by atoms with Gasteiger partial charge in [0.05, 0.1) is 10.8 Å². The summed E-state index contributed by atoms with van der Waals surface area (Å²) in [7, 11) is 0. The average Bonchev–Trinajstić information content (AvgIpc) is 2.28. The van der Waals surface area contributed by atoms with Gasteiger partial charge in [-0.3, -0.25) is 9.59 Å². The topological polar surface area (TPSA) is 98.1 Å². The Balaban J connectivity index is 2.50. The third kappa shape index (κ3) is 1.85. The van der Waals surface area contributed by atoms with Gasteiger partial charge in [-0.2, -0.15) is 0 Å². The first-order valence-electron chi connectivity index (χ1n) is 4.57. The third-order valence-corrected chi connectivity index (χ3v) is 2.01. The third-order valence-electron chi connectivity index (χ3n) is 2.01. The highest BCUT2D eigenvalue weighted by atomic mass is 16.5. The molecule has 6 heteroatoms. The quantitative estimate of drug-likeness (QED) is 0.746. The van der Waals surface area contributed by atoms with E-state index < -0.39 is 5.91 Å². The fourth-order valence-electron chi connectivity index (χ4n) is 1.34. The Kier molecular flexibility index (Phi) is 2.55. The predicted molar refractivity (Wildman–Crippen MR) is 57.1 cm³/mol. The number of ether oxygens (including phenoxy) is 1. The lowest BCUT2D eigenvalue weighted by Gasteiger charge is -2.04. The standard InChI is InChI=1S/C10H9N3O3/c11-8(14)5-16-10-7-4-2-1-3-6(7)9(15)12-13-10/h1-4H,5H2,(H2,11,14)(H,12,15). The first-order chi connectivity index (χ1) is 7.68. The number of nitrogens with one attached hydrogen (secondary N) is 1. The van der Waals surface area contributed by atoms with Gasteiger partial charge in [0.2, 0.25) is 5.88 Å². The van der Waals surface area contributed by atoms with Gasteiger partial charge in [-0.1, -0.05) is 12.1 Å². The number of carbonyl (C=O) groups excluding carboxylic acids is 1. The summed E-state index contributed by atoms with van der Waals surface area (Å²) in [5, 5.41) is 7.00. The minimum absolute atomic E-state index is 0.189. The van der Waals surface area contributed by atoms with E-state index in [0.29, 0.717) is 10.8 Å². The van der Waals surface area contributed by atoms with E-state index in [2.05, 4.69) is 10.2 Å². The number of nitrogens with zero attached hydrogens (tertiary/aromatic N) is 1. The van der Waals surface area contributed by atoms with Crippen molar-refractivity contribution in [3.63, 3.8) is 0 Å². The highest BCUT2D eigenvalue weighted by Gasteiger charge is 2.07. The van der Waals surface area contributed by atoms with Crippen molar-refractivity contribution in [3.05, 3.63) is 34.6 Å². The molecule has 0 saturated heterocycles. The highest BCUT2D eigenvalue weighted by Crippen LogP contribution is 2.18. The van der Waals surface area contributed by atoms with E-state index in [0.717, 1.165) is 0 Å². The van der Waals surface area contributed by atoms with Crippen LogP contribution in [0.15, 0.2) is 29.1 Å². The van der Waals surface area contributed by atoms with Crippen molar-refractivity contribution in [3.8, 4) is 5.88 Å². The molecule has 1 heterocycles. The van der Waals surface area contributed by atoms with E-state index in [4.69, 9.17) is 10.5 Å². The zero-order valence-electron chi connectivity index (χ0n) is 8.27. The average molecular weight is 219 g/mol. The molecule has 0 aliphatic carbocycles. The number of primary amides is 1. The summed E-state index contributed by atoms with van der Waals surface area (Å²) in [6.45, 7) is -0.275. The van der Waals surface area contributed by atoms with Crippen LogP contribution < -0.4 is 16.0 Å². The number of hydrogen-bond acceptors (Lipinski definition) is 4. The molecule has 0 atom stereocenters. The van der Waals surface area contributed by atoms with Crippen LogP contribution in [0.25, 0.3) is 10.8 Å². The number of benzene rings is 1. The van der Waals surface area contributed by atoms with Gasteiger partial charge in [0.1, 0.15) is 0 Å². The molecule has 0 spiro atoms. The van der Waals surface area contributed by atoms with E-state index in [-0.39, 0.29) is 18.0 Å². The number of hydrogen-bond donors (Lipinski definition) is 2. The van der Waals surface area contributed by atoms with Crippen LogP contribution in [0.4, 0.5) is 0 Å². The maximum absolute atomic E-state index is 11.4. The number of amides is 1. The van der Waals surface area contributed by atoms with E-state index in [1.54, 1.807) is 24.3 Å². The van der Waals surface area contributed by atoms with Gasteiger partial charge in [0, 0.05) is 0 Å². The Morgan fingerprint density at radius 1 is 1.38 bits per heavy atom. The van der Waals surface area contributed by atoms with Crippen LogP contribution in [0.1, 0.15) is 0 Å². The number of fused-ring (bicyclic) bond motifs is 1. The van der Waals surface area contributed by atoms with Gasteiger partial charge >= 0.3 is 0 Å². The molecular weight excluding hydrogens is 210 g/mol. The molecule has 6 nitrogen and oxygen atoms in total. The van der Waals surface area contributed by atoms with Crippen LogP contribution in [-0.4, -0.2) is 22.7 Å². The lowest BCUT2D eigenvalue weighted by molar-refractivity contribution is -0.120. The number of carbonyl (C=O) groups is 1. The Morgan fingerprint density at radius 2 is 2.06 bits per heavy atom. The van der Waals surface area contributed by atoms with Gasteiger partial charge in [0.25, 0.3) is 11.5 Å². The van der Waals surface area contributed by atoms with Crippen molar-refractivity contribution in [2.75, 3.05) is 6.61 Å². The second kappa shape index (κ2) is 4.01. The molecule has 0 aliphatic rings. The number of nitrogens with two attached hydrogens (primary N) is 1. The van der Waals surface area contributed by atoms with E-state index in [1.807, 2.05) is 0 Å². The number of aromatic nitrogens is 2. The van der Waals surface area contributed by atoms with Gasteiger partial charge in [0.15, 0.2) is 6.61 Å². The Bertz CT molecular complexity index is 591. The van der Waals surface area contributed by atoms with Crippen molar-refractivity contribution < 1.29 is 9.53 Å². The fourth-order valence-corrected chi connectivity index (χ4v) is 1.34. The lowest BCUT2D eigenvalue weighted by Crippen LogP contribution is -2.21. The normalized spacial score (nSPS) is 10.2. The maximum Gasteiger partial charge on any atom is 0.272 e. The van der Waals surface area contributed by atoms with Crippen molar-refractivity contribution in [1.82, 2.24) is 10.2 Å². The van der Waals surface area contributed by atoms with Gasteiger partial charge < -0.3 is 10.5 Å². The molecular formula is C10H9N3O3. The molecule has 0 fully saturated rings. The minimum Gasteiger partial charge on any atom is -0.466 e. The van der Waals surface area contributed by atoms with Crippen molar-refractivity contribution >= 4 is 16.7 Å². The Morgan fingerprint density at radius 3 is 2.75 bits per heavy atom. The number of aromatic amines is 1. The minimum atomic E-state index is -0.600. The maximum atomic E-state index is 11.4. The molecule has 0 aliphatic heterocycles. The van der Waals surface area contributed by atoms with Gasteiger partial charge in [-0.05, 0) is 12.1 Å². The molecule has 0 unspecified atom stereocenters. The van der Waals surface area contributed by atoms with E-state index >= 15 is 0 Å². The fraction of sp³-hybridized carbons (Fsp3) is 0.100. The van der Waals surface area contributed by atoms with Crippen molar-refractivity contribution in [2.24, 2.45) is 5.73 Å². The summed E-state index contributed by atoms with van der Waals surface area (Å²) in [5.41, 5.74) is 4.65. The summed E-state index contributed by atoms with van der Waals surface area (Å²) < 4.78 is 5.08. The second-order valence-electron chi connectivity index (χ2n) is 3.16. The van der Waals surface area contributed by atoms with E-state index in [9.17, 15) is 9.59 Å².